The maximum atomic E-state index is 11.7. The van der Waals surface area contributed by atoms with Crippen molar-refractivity contribution < 1.29 is 9.53 Å². The second-order valence-corrected chi connectivity index (χ2v) is 5.83. The summed E-state index contributed by atoms with van der Waals surface area (Å²) in [6, 6.07) is -0.193. The molecule has 0 aliphatic heterocycles. The highest BCUT2D eigenvalue weighted by Crippen LogP contribution is 1.99. The van der Waals surface area contributed by atoms with E-state index in [2.05, 4.69) is 15.5 Å². The maximum absolute atomic E-state index is 11.7. The summed E-state index contributed by atoms with van der Waals surface area (Å²) < 4.78 is 5.44. The van der Waals surface area contributed by atoms with E-state index in [0.29, 0.717) is 13.2 Å². The number of rotatable bonds is 8. The molecule has 1 atom stereocenters. The largest absolute Gasteiger partial charge is 0.379 e. The van der Waals surface area contributed by atoms with Crippen LogP contribution in [0.2, 0.25) is 0 Å². The minimum absolute atomic E-state index is 0.0239. The van der Waals surface area contributed by atoms with Gasteiger partial charge in [-0.3, -0.25) is 4.79 Å². The summed E-state index contributed by atoms with van der Waals surface area (Å²) in [6.45, 7) is 10.7. The number of likely N-dealkylation sites (N-methyl/N-ethyl adjacent to an activating group) is 1. The van der Waals surface area contributed by atoms with Crippen molar-refractivity contribution in [3.63, 3.8) is 0 Å². The molecule has 0 aliphatic carbocycles. The van der Waals surface area contributed by atoms with Gasteiger partial charge in [-0.05, 0) is 41.8 Å². The van der Waals surface area contributed by atoms with Crippen molar-refractivity contribution in [2.24, 2.45) is 0 Å². The summed E-state index contributed by atoms with van der Waals surface area (Å²) in [5, 5.41) is 6.08. The van der Waals surface area contributed by atoms with E-state index >= 15 is 0 Å². The Morgan fingerprint density at radius 3 is 2.39 bits per heavy atom. The van der Waals surface area contributed by atoms with Gasteiger partial charge in [0.05, 0.1) is 19.3 Å². The Morgan fingerprint density at radius 1 is 1.28 bits per heavy atom. The van der Waals surface area contributed by atoms with Gasteiger partial charge in [-0.15, -0.1) is 0 Å². The fourth-order valence-electron chi connectivity index (χ4n) is 1.27. The number of carbonyl (C=O) groups is 1. The van der Waals surface area contributed by atoms with E-state index < -0.39 is 0 Å². The van der Waals surface area contributed by atoms with E-state index in [9.17, 15) is 4.79 Å². The fraction of sp³-hybridized carbons (Fsp3) is 0.923. The average Bonchev–Trinajstić information content (AvgIpc) is 2.19. The molecule has 2 N–H and O–H groups in total. The Balaban J connectivity index is 3.58. The zero-order valence-corrected chi connectivity index (χ0v) is 12.7. The number of carbonyl (C=O) groups excluding carboxylic acids is 1. The van der Waals surface area contributed by atoms with Crippen LogP contribution in [0.5, 0.6) is 0 Å². The lowest BCUT2D eigenvalue weighted by atomic mass is 10.1. The van der Waals surface area contributed by atoms with Crippen LogP contribution in [0.1, 0.15) is 27.7 Å². The zero-order valence-electron chi connectivity index (χ0n) is 12.7. The molecule has 1 amide bonds. The lowest BCUT2D eigenvalue weighted by molar-refractivity contribution is -0.124. The summed E-state index contributed by atoms with van der Waals surface area (Å²) in [5.74, 6) is 0.0239. The summed E-state index contributed by atoms with van der Waals surface area (Å²) in [6.07, 6.45) is 0. The average molecular weight is 259 g/mol. The Hall–Kier alpha value is -0.650. The number of amides is 1. The minimum atomic E-state index is -0.193. The van der Waals surface area contributed by atoms with Gasteiger partial charge in [-0.25, -0.2) is 0 Å². The molecule has 0 saturated carbocycles. The third-order valence-corrected chi connectivity index (χ3v) is 2.27. The van der Waals surface area contributed by atoms with Gasteiger partial charge in [-0.1, -0.05) is 0 Å². The van der Waals surface area contributed by atoms with Crippen LogP contribution >= 0.6 is 0 Å². The van der Waals surface area contributed by atoms with Crippen molar-refractivity contribution in [1.29, 1.82) is 0 Å². The molecule has 5 heteroatoms. The molecule has 0 aromatic carbocycles. The maximum Gasteiger partial charge on any atom is 0.237 e. The monoisotopic (exact) mass is 259 g/mol. The van der Waals surface area contributed by atoms with E-state index in [1.54, 1.807) is 0 Å². The second kappa shape index (κ2) is 8.45. The van der Waals surface area contributed by atoms with Gasteiger partial charge in [0.1, 0.15) is 0 Å². The van der Waals surface area contributed by atoms with Gasteiger partial charge in [0.15, 0.2) is 0 Å². The molecule has 0 aliphatic rings. The Bertz CT molecular complexity index is 237. The predicted molar refractivity (Wildman–Crippen MR) is 74.7 cm³/mol. The molecular weight excluding hydrogens is 230 g/mol. The zero-order chi connectivity index (χ0) is 14.2. The van der Waals surface area contributed by atoms with Crippen LogP contribution in [0.4, 0.5) is 0 Å². The van der Waals surface area contributed by atoms with E-state index in [-0.39, 0.29) is 17.5 Å². The lowest BCUT2D eigenvalue weighted by Gasteiger charge is -2.23. The molecule has 0 radical (unpaired) electrons. The minimum Gasteiger partial charge on any atom is -0.379 e. The highest BCUT2D eigenvalue weighted by molar-refractivity contribution is 5.81. The van der Waals surface area contributed by atoms with Crippen LogP contribution in [-0.2, 0) is 9.53 Å². The summed E-state index contributed by atoms with van der Waals surface area (Å²) in [7, 11) is 4.03. The topological polar surface area (TPSA) is 53.6 Å². The van der Waals surface area contributed by atoms with Crippen LogP contribution in [-0.4, -0.2) is 62.8 Å². The highest BCUT2D eigenvalue weighted by atomic mass is 16.5. The highest BCUT2D eigenvalue weighted by Gasteiger charge is 2.18. The molecular formula is C13H29N3O2. The molecule has 5 nitrogen and oxygen atoms in total. The van der Waals surface area contributed by atoms with E-state index in [4.69, 9.17) is 4.74 Å². The normalized spacial score (nSPS) is 13.7. The van der Waals surface area contributed by atoms with Crippen LogP contribution in [0.25, 0.3) is 0 Å². The molecule has 0 rings (SSSR count). The molecule has 0 heterocycles. The summed E-state index contributed by atoms with van der Waals surface area (Å²) in [4.78, 5) is 13.8. The lowest BCUT2D eigenvalue weighted by Crippen LogP contribution is -2.50. The van der Waals surface area contributed by atoms with Crippen LogP contribution in [0.15, 0.2) is 0 Å². The Labute approximate surface area is 111 Å². The van der Waals surface area contributed by atoms with Crippen molar-refractivity contribution >= 4 is 5.91 Å². The summed E-state index contributed by atoms with van der Waals surface area (Å²) >= 11 is 0. The van der Waals surface area contributed by atoms with Gasteiger partial charge in [0.2, 0.25) is 5.91 Å². The Kier molecular flexibility index (Phi) is 8.15. The molecule has 0 aromatic rings. The first-order chi connectivity index (χ1) is 8.22. The molecule has 18 heavy (non-hydrogen) atoms. The number of nitrogens with zero attached hydrogens (tertiary/aromatic N) is 1. The number of hydrogen-bond acceptors (Lipinski definition) is 4. The molecule has 0 aromatic heterocycles. The quantitative estimate of drug-likeness (QED) is 0.622. The SMILES string of the molecule is CC(NCCOCCN(C)C)C(=O)NC(C)(C)C. The molecule has 108 valence electrons. The van der Waals surface area contributed by atoms with Gasteiger partial charge >= 0.3 is 0 Å². The number of hydrogen-bond donors (Lipinski definition) is 2. The van der Waals surface area contributed by atoms with Crippen molar-refractivity contribution in [2.45, 2.75) is 39.3 Å². The fourth-order valence-corrected chi connectivity index (χ4v) is 1.27. The van der Waals surface area contributed by atoms with E-state index in [0.717, 1.165) is 13.2 Å². The van der Waals surface area contributed by atoms with Crippen molar-refractivity contribution in [3.05, 3.63) is 0 Å². The van der Waals surface area contributed by atoms with Gasteiger partial charge in [0, 0.05) is 18.6 Å². The molecule has 0 fully saturated rings. The van der Waals surface area contributed by atoms with Gasteiger partial charge in [-0.2, -0.15) is 0 Å². The first kappa shape index (κ1) is 17.4. The van der Waals surface area contributed by atoms with Crippen LogP contribution in [0.3, 0.4) is 0 Å². The standard InChI is InChI=1S/C13H29N3O2/c1-11(12(17)15-13(2,3)4)14-7-9-18-10-8-16(5)6/h11,14H,7-10H2,1-6H3,(H,15,17). The van der Waals surface area contributed by atoms with Crippen molar-refractivity contribution in [3.8, 4) is 0 Å². The molecule has 0 bridgehead atoms. The first-order valence-corrected chi connectivity index (χ1v) is 6.50. The smallest absolute Gasteiger partial charge is 0.237 e. The molecule has 0 saturated heterocycles. The predicted octanol–water partition coefficient (Wildman–Crippen LogP) is 0.457. The number of nitrogens with one attached hydrogen (secondary N) is 2. The van der Waals surface area contributed by atoms with Crippen molar-refractivity contribution in [2.75, 3.05) is 40.4 Å². The molecule has 0 spiro atoms. The van der Waals surface area contributed by atoms with E-state index in [1.165, 1.54) is 0 Å². The Morgan fingerprint density at radius 2 is 1.89 bits per heavy atom. The van der Waals surface area contributed by atoms with Gasteiger partial charge < -0.3 is 20.3 Å². The van der Waals surface area contributed by atoms with Crippen LogP contribution in [0, 0.1) is 0 Å². The summed E-state index contributed by atoms with van der Waals surface area (Å²) in [5.41, 5.74) is -0.185. The second-order valence-electron chi connectivity index (χ2n) is 5.83. The van der Waals surface area contributed by atoms with E-state index in [1.807, 2.05) is 41.8 Å². The number of ether oxygens (including phenoxy) is 1. The third kappa shape index (κ3) is 10.5. The third-order valence-electron chi connectivity index (χ3n) is 2.27. The molecule has 1 unspecified atom stereocenters. The van der Waals surface area contributed by atoms with Crippen LogP contribution < -0.4 is 10.6 Å². The van der Waals surface area contributed by atoms with Crippen molar-refractivity contribution in [1.82, 2.24) is 15.5 Å². The van der Waals surface area contributed by atoms with Gasteiger partial charge in [0.25, 0.3) is 0 Å². The first-order valence-electron chi connectivity index (χ1n) is 6.50.